The van der Waals surface area contributed by atoms with E-state index in [4.69, 9.17) is 9.47 Å². The Hall–Kier alpha value is -3.93. The highest BCUT2D eigenvalue weighted by Crippen LogP contribution is 2.29. The van der Waals surface area contributed by atoms with Crippen LogP contribution in [0.2, 0.25) is 0 Å². The number of allylic oxidation sites excluding steroid dienone is 1. The third kappa shape index (κ3) is 5.29. The smallest absolute Gasteiger partial charge is 0.311 e. The van der Waals surface area contributed by atoms with Crippen LogP contribution in [0.3, 0.4) is 0 Å². The summed E-state index contributed by atoms with van der Waals surface area (Å²) in [6, 6.07) is 20.8. The Bertz CT molecular complexity index is 1040. The lowest BCUT2D eigenvalue weighted by molar-refractivity contribution is -0.386. The molecule has 0 bridgehead atoms. The van der Waals surface area contributed by atoms with Gasteiger partial charge in [0.2, 0.25) is 0 Å². The number of carbonyl (C=O) groups is 1. The fraction of sp³-hybridized carbons (Fsp3) is 0.0870. The van der Waals surface area contributed by atoms with E-state index < -0.39 is 4.92 Å². The highest BCUT2D eigenvalue weighted by atomic mass is 16.6. The summed E-state index contributed by atoms with van der Waals surface area (Å²) in [5, 5.41) is 11.4. The van der Waals surface area contributed by atoms with E-state index in [-0.39, 0.29) is 23.8 Å². The first-order chi connectivity index (χ1) is 14.1. The summed E-state index contributed by atoms with van der Waals surface area (Å²) in [6.07, 6.45) is 2.91. The number of ether oxygens (including phenoxy) is 2. The molecule has 3 aromatic rings. The molecule has 3 rings (SSSR count). The van der Waals surface area contributed by atoms with Gasteiger partial charge in [-0.2, -0.15) is 0 Å². The molecular weight excluding hydrogens is 370 g/mol. The van der Waals surface area contributed by atoms with Crippen molar-refractivity contribution in [1.82, 2.24) is 0 Å². The highest BCUT2D eigenvalue weighted by molar-refractivity contribution is 6.07. The van der Waals surface area contributed by atoms with Gasteiger partial charge in [-0.1, -0.05) is 54.6 Å². The van der Waals surface area contributed by atoms with Crippen molar-refractivity contribution < 1.29 is 19.2 Å². The lowest BCUT2D eigenvalue weighted by Gasteiger charge is -2.07. The maximum absolute atomic E-state index is 12.3. The quantitative estimate of drug-likeness (QED) is 0.232. The molecule has 0 unspecified atom stereocenters. The van der Waals surface area contributed by atoms with Crippen molar-refractivity contribution in [3.63, 3.8) is 0 Å². The molecule has 0 fully saturated rings. The van der Waals surface area contributed by atoms with Crippen molar-refractivity contribution in [2.24, 2.45) is 0 Å². The van der Waals surface area contributed by atoms with Crippen molar-refractivity contribution in [3.05, 3.63) is 106 Å². The number of ketones is 1. The van der Waals surface area contributed by atoms with Crippen LogP contribution in [0.4, 0.5) is 5.69 Å². The van der Waals surface area contributed by atoms with Gasteiger partial charge in [-0.25, -0.2) is 0 Å². The zero-order chi connectivity index (χ0) is 20.6. The first-order valence-corrected chi connectivity index (χ1v) is 8.88. The summed E-state index contributed by atoms with van der Waals surface area (Å²) in [4.78, 5) is 23.3. The minimum Gasteiger partial charge on any atom is -0.497 e. The van der Waals surface area contributed by atoms with E-state index >= 15 is 0 Å². The van der Waals surface area contributed by atoms with Gasteiger partial charge in [0.1, 0.15) is 12.4 Å². The number of benzene rings is 3. The van der Waals surface area contributed by atoms with Crippen LogP contribution in [-0.2, 0) is 6.61 Å². The molecule has 6 nitrogen and oxygen atoms in total. The van der Waals surface area contributed by atoms with E-state index in [0.29, 0.717) is 16.9 Å². The molecule has 0 aliphatic heterocycles. The Morgan fingerprint density at radius 3 is 2.55 bits per heavy atom. The van der Waals surface area contributed by atoms with Crippen LogP contribution in [0, 0.1) is 10.1 Å². The van der Waals surface area contributed by atoms with E-state index in [1.807, 2.05) is 30.3 Å². The van der Waals surface area contributed by atoms with Gasteiger partial charge in [0.15, 0.2) is 11.5 Å². The molecule has 0 aliphatic carbocycles. The summed E-state index contributed by atoms with van der Waals surface area (Å²) in [5.41, 5.74) is 1.75. The van der Waals surface area contributed by atoms with Crippen LogP contribution >= 0.6 is 0 Å². The van der Waals surface area contributed by atoms with Crippen LogP contribution in [0.1, 0.15) is 21.5 Å². The Morgan fingerprint density at radius 1 is 1.03 bits per heavy atom. The van der Waals surface area contributed by atoms with Gasteiger partial charge >= 0.3 is 5.69 Å². The van der Waals surface area contributed by atoms with Crippen LogP contribution in [0.5, 0.6) is 11.5 Å². The maximum atomic E-state index is 12.3. The lowest BCUT2D eigenvalue weighted by atomic mass is 10.1. The van der Waals surface area contributed by atoms with Crippen LogP contribution in [0.25, 0.3) is 6.08 Å². The number of nitro benzene ring substituents is 1. The van der Waals surface area contributed by atoms with Gasteiger partial charge in [-0.3, -0.25) is 14.9 Å². The third-order valence-electron chi connectivity index (χ3n) is 4.20. The van der Waals surface area contributed by atoms with Crippen molar-refractivity contribution >= 4 is 17.5 Å². The fourth-order valence-corrected chi connectivity index (χ4v) is 2.68. The number of nitro groups is 1. The molecule has 0 spiro atoms. The number of methoxy groups -OCH3 is 1. The molecule has 6 heteroatoms. The predicted molar refractivity (Wildman–Crippen MR) is 110 cm³/mol. The maximum Gasteiger partial charge on any atom is 0.311 e. The minimum atomic E-state index is -0.498. The van der Waals surface area contributed by atoms with Crippen molar-refractivity contribution in [2.45, 2.75) is 6.61 Å². The Kier molecular flexibility index (Phi) is 6.37. The second kappa shape index (κ2) is 9.32. The molecule has 3 aromatic carbocycles. The molecule has 29 heavy (non-hydrogen) atoms. The summed E-state index contributed by atoms with van der Waals surface area (Å²) >= 11 is 0. The summed E-state index contributed by atoms with van der Waals surface area (Å²) in [7, 11) is 1.53. The average molecular weight is 389 g/mol. The largest absolute Gasteiger partial charge is 0.497 e. The molecule has 0 radical (unpaired) electrons. The molecular formula is C23H19NO5. The molecule has 0 saturated carbocycles. The van der Waals surface area contributed by atoms with Gasteiger partial charge in [-0.15, -0.1) is 0 Å². The lowest BCUT2D eigenvalue weighted by Crippen LogP contribution is -1.99. The monoisotopic (exact) mass is 389 g/mol. The zero-order valence-corrected chi connectivity index (χ0v) is 15.8. The third-order valence-corrected chi connectivity index (χ3v) is 4.20. The number of hydrogen-bond acceptors (Lipinski definition) is 5. The average Bonchev–Trinajstić information content (AvgIpc) is 2.77. The Morgan fingerprint density at radius 2 is 1.83 bits per heavy atom. The van der Waals surface area contributed by atoms with E-state index in [1.165, 1.54) is 31.4 Å². The Labute approximate surface area is 168 Å². The van der Waals surface area contributed by atoms with Gasteiger partial charge in [0, 0.05) is 11.6 Å². The molecule has 0 aromatic heterocycles. The first kappa shape index (κ1) is 19.8. The second-order valence-corrected chi connectivity index (χ2v) is 6.19. The van der Waals surface area contributed by atoms with Crippen molar-refractivity contribution in [2.75, 3.05) is 7.11 Å². The molecule has 0 N–H and O–H groups in total. The van der Waals surface area contributed by atoms with Crippen LogP contribution < -0.4 is 9.47 Å². The SMILES string of the molecule is COc1cccc(C(=O)/C=C/c2ccc(OCc3ccccc3)c([N+](=O)[O-])c2)c1. The predicted octanol–water partition coefficient (Wildman–Crippen LogP) is 5.08. The summed E-state index contributed by atoms with van der Waals surface area (Å²) in [6.45, 7) is 0.227. The second-order valence-electron chi connectivity index (χ2n) is 6.19. The highest BCUT2D eigenvalue weighted by Gasteiger charge is 2.16. The molecule has 0 heterocycles. The normalized spacial score (nSPS) is 10.7. The molecule has 0 atom stereocenters. The number of rotatable bonds is 8. The summed E-state index contributed by atoms with van der Waals surface area (Å²) in [5.74, 6) is 0.533. The molecule has 0 aliphatic rings. The van der Waals surface area contributed by atoms with Gasteiger partial charge < -0.3 is 9.47 Å². The fourth-order valence-electron chi connectivity index (χ4n) is 2.68. The van der Waals surface area contributed by atoms with Crippen molar-refractivity contribution in [3.8, 4) is 11.5 Å². The first-order valence-electron chi connectivity index (χ1n) is 8.88. The van der Waals surface area contributed by atoms with Crippen LogP contribution in [0.15, 0.2) is 78.9 Å². The number of nitrogens with zero attached hydrogens (tertiary/aromatic N) is 1. The standard InChI is InChI=1S/C23H19NO5/c1-28-20-9-5-8-19(15-20)22(25)12-10-17-11-13-23(21(14-17)24(26)27)29-16-18-6-3-2-4-7-18/h2-15H,16H2,1H3/b12-10+. The van der Waals surface area contributed by atoms with Gasteiger partial charge in [-0.05, 0) is 35.4 Å². The van der Waals surface area contributed by atoms with E-state index in [9.17, 15) is 14.9 Å². The molecule has 0 saturated heterocycles. The van der Waals surface area contributed by atoms with E-state index in [2.05, 4.69) is 0 Å². The van der Waals surface area contributed by atoms with Crippen LogP contribution in [-0.4, -0.2) is 17.8 Å². The number of carbonyl (C=O) groups excluding carboxylic acids is 1. The Balaban J connectivity index is 1.76. The van der Waals surface area contributed by atoms with E-state index in [0.717, 1.165) is 5.56 Å². The number of hydrogen-bond donors (Lipinski definition) is 0. The van der Waals surface area contributed by atoms with Crippen molar-refractivity contribution in [1.29, 1.82) is 0 Å². The zero-order valence-electron chi connectivity index (χ0n) is 15.8. The van der Waals surface area contributed by atoms with Gasteiger partial charge in [0.05, 0.1) is 12.0 Å². The molecule has 0 amide bonds. The molecule has 146 valence electrons. The van der Waals surface area contributed by atoms with Gasteiger partial charge in [0.25, 0.3) is 0 Å². The topological polar surface area (TPSA) is 78.7 Å². The minimum absolute atomic E-state index is 0.156. The summed E-state index contributed by atoms with van der Waals surface area (Å²) < 4.78 is 10.7. The van der Waals surface area contributed by atoms with E-state index in [1.54, 1.807) is 30.3 Å².